The molecule has 4 nitrogen and oxygen atoms in total. The maximum absolute atomic E-state index is 5.78. The maximum atomic E-state index is 5.78. The second kappa shape index (κ2) is 7.06. The van der Waals surface area contributed by atoms with E-state index in [9.17, 15) is 0 Å². The van der Waals surface area contributed by atoms with Gasteiger partial charge in [-0.25, -0.2) is 4.98 Å². The van der Waals surface area contributed by atoms with Gasteiger partial charge in [-0.3, -0.25) is 0 Å². The molecule has 108 valence electrons. The van der Waals surface area contributed by atoms with Crippen molar-refractivity contribution in [1.29, 1.82) is 0 Å². The summed E-state index contributed by atoms with van der Waals surface area (Å²) in [5, 5.41) is 0. The van der Waals surface area contributed by atoms with E-state index in [4.69, 9.17) is 10.2 Å². The normalized spacial score (nSPS) is 18.3. The lowest BCUT2D eigenvalue weighted by Gasteiger charge is -2.34. The Morgan fingerprint density at radius 2 is 2.16 bits per heavy atom. The maximum Gasteiger partial charge on any atom is 0.194 e. The number of likely N-dealkylation sites (tertiary alicyclic amines) is 1. The number of oxazole rings is 1. The van der Waals surface area contributed by atoms with Crippen molar-refractivity contribution >= 4 is 0 Å². The minimum atomic E-state index is 0.672. The van der Waals surface area contributed by atoms with Gasteiger partial charge in [-0.1, -0.05) is 0 Å². The first-order chi connectivity index (χ1) is 9.19. The van der Waals surface area contributed by atoms with Crippen LogP contribution in [0.4, 0.5) is 0 Å². The Kier molecular flexibility index (Phi) is 5.40. The van der Waals surface area contributed by atoms with Crippen LogP contribution in [0.3, 0.4) is 0 Å². The van der Waals surface area contributed by atoms with Crippen molar-refractivity contribution in [3.8, 4) is 0 Å². The molecular weight excluding hydrogens is 238 g/mol. The predicted molar refractivity (Wildman–Crippen MR) is 77.0 cm³/mol. The number of aryl methyl sites for hydroxylation is 1. The van der Waals surface area contributed by atoms with Crippen molar-refractivity contribution in [3.05, 3.63) is 17.8 Å². The van der Waals surface area contributed by atoms with E-state index in [-0.39, 0.29) is 0 Å². The van der Waals surface area contributed by atoms with Crippen molar-refractivity contribution in [2.45, 2.75) is 52.0 Å². The molecule has 0 spiro atoms. The monoisotopic (exact) mass is 265 g/mol. The number of aromatic nitrogens is 1. The van der Waals surface area contributed by atoms with Gasteiger partial charge in [-0.15, -0.1) is 0 Å². The average molecular weight is 265 g/mol. The molecule has 0 atom stereocenters. The molecule has 1 aliphatic heterocycles. The zero-order valence-corrected chi connectivity index (χ0v) is 12.3. The van der Waals surface area contributed by atoms with Crippen LogP contribution in [0.25, 0.3) is 0 Å². The smallest absolute Gasteiger partial charge is 0.194 e. The van der Waals surface area contributed by atoms with Crippen LogP contribution < -0.4 is 5.73 Å². The summed E-state index contributed by atoms with van der Waals surface area (Å²) < 4.78 is 5.78. The van der Waals surface area contributed by atoms with Gasteiger partial charge in [0.25, 0.3) is 0 Å². The molecule has 1 aliphatic rings. The van der Waals surface area contributed by atoms with Gasteiger partial charge in [0.15, 0.2) is 5.89 Å². The van der Waals surface area contributed by atoms with Crippen LogP contribution in [-0.2, 0) is 12.8 Å². The molecule has 1 aromatic rings. The highest BCUT2D eigenvalue weighted by Crippen LogP contribution is 2.22. The van der Waals surface area contributed by atoms with E-state index >= 15 is 0 Å². The fraction of sp³-hybridized carbons (Fsp3) is 0.800. The molecule has 1 saturated heterocycles. The molecule has 4 heteroatoms. The van der Waals surface area contributed by atoms with Crippen molar-refractivity contribution in [2.24, 2.45) is 11.7 Å². The summed E-state index contributed by atoms with van der Waals surface area (Å²) in [6.45, 7) is 7.69. The molecule has 2 rings (SSSR count). The van der Waals surface area contributed by atoms with Crippen LogP contribution >= 0.6 is 0 Å². The molecule has 19 heavy (non-hydrogen) atoms. The Labute approximate surface area is 116 Å². The molecule has 1 fully saturated rings. The van der Waals surface area contributed by atoms with E-state index in [0.29, 0.717) is 12.6 Å². The van der Waals surface area contributed by atoms with Crippen LogP contribution in [0, 0.1) is 5.92 Å². The first kappa shape index (κ1) is 14.5. The second-order valence-electron chi connectivity index (χ2n) is 5.89. The summed E-state index contributed by atoms with van der Waals surface area (Å²) in [4.78, 5) is 6.95. The third-order valence-electron chi connectivity index (χ3n) is 4.07. The van der Waals surface area contributed by atoms with Gasteiger partial charge in [-0.2, -0.15) is 0 Å². The number of hydrogen-bond acceptors (Lipinski definition) is 4. The molecule has 1 aromatic heterocycles. The highest BCUT2D eigenvalue weighted by Gasteiger charge is 2.22. The number of hydrogen-bond donors (Lipinski definition) is 1. The SMILES string of the molecule is CC(C)N1CCC(Cc2ncc(CCCN)o2)CC1. The Hall–Kier alpha value is -0.870. The number of piperidine rings is 1. The summed E-state index contributed by atoms with van der Waals surface area (Å²) >= 11 is 0. The largest absolute Gasteiger partial charge is 0.446 e. The minimum Gasteiger partial charge on any atom is -0.446 e. The molecule has 0 radical (unpaired) electrons. The van der Waals surface area contributed by atoms with E-state index in [1.807, 2.05) is 6.20 Å². The Bertz CT molecular complexity index is 367. The Morgan fingerprint density at radius 3 is 2.79 bits per heavy atom. The van der Waals surface area contributed by atoms with Crippen LogP contribution in [0.5, 0.6) is 0 Å². The van der Waals surface area contributed by atoms with Crippen LogP contribution in [0.1, 0.15) is 44.8 Å². The van der Waals surface area contributed by atoms with Crippen molar-refractivity contribution in [2.75, 3.05) is 19.6 Å². The van der Waals surface area contributed by atoms with Crippen molar-refractivity contribution in [3.63, 3.8) is 0 Å². The molecule has 2 heterocycles. The highest BCUT2D eigenvalue weighted by atomic mass is 16.4. The van der Waals surface area contributed by atoms with Gasteiger partial charge in [-0.05, 0) is 58.7 Å². The Balaban J connectivity index is 1.77. The van der Waals surface area contributed by atoms with E-state index in [0.717, 1.165) is 36.8 Å². The number of rotatable bonds is 6. The summed E-state index contributed by atoms with van der Waals surface area (Å²) in [5.74, 6) is 2.63. The van der Waals surface area contributed by atoms with Gasteiger partial charge < -0.3 is 15.1 Å². The van der Waals surface area contributed by atoms with Crippen LogP contribution in [0.15, 0.2) is 10.6 Å². The lowest BCUT2D eigenvalue weighted by Crippen LogP contribution is -2.38. The first-order valence-electron chi connectivity index (χ1n) is 7.56. The molecule has 0 aliphatic carbocycles. The van der Waals surface area contributed by atoms with Gasteiger partial charge in [0.2, 0.25) is 0 Å². The Morgan fingerprint density at radius 1 is 1.42 bits per heavy atom. The third kappa shape index (κ3) is 4.32. The molecule has 0 unspecified atom stereocenters. The summed E-state index contributed by atoms with van der Waals surface area (Å²) in [5.41, 5.74) is 5.50. The predicted octanol–water partition coefficient (Wildman–Crippen LogP) is 2.23. The van der Waals surface area contributed by atoms with Gasteiger partial charge in [0.1, 0.15) is 5.76 Å². The lowest BCUT2D eigenvalue weighted by atomic mass is 9.93. The second-order valence-corrected chi connectivity index (χ2v) is 5.89. The summed E-state index contributed by atoms with van der Waals surface area (Å²) in [7, 11) is 0. The summed E-state index contributed by atoms with van der Waals surface area (Å²) in [6.07, 6.45) is 7.27. The number of nitrogens with two attached hydrogens (primary N) is 1. The van der Waals surface area contributed by atoms with E-state index in [1.165, 1.54) is 25.9 Å². The van der Waals surface area contributed by atoms with E-state index in [1.54, 1.807) is 0 Å². The zero-order valence-electron chi connectivity index (χ0n) is 12.3. The molecule has 0 amide bonds. The fourth-order valence-corrected chi connectivity index (χ4v) is 2.75. The van der Waals surface area contributed by atoms with Crippen molar-refractivity contribution in [1.82, 2.24) is 9.88 Å². The summed E-state index contributed by atoms with van der Waals surface area (Å²) in [6, 6.07) is 0.672. The zero-order chi connectivity index (χ0) is 13.7. The van der Waals surface area contributed by atoms with E-state index in [2.05, 4.69) is 23.7 Å². The molecular formula is C15H27N3O. The fourth-order valence-electron chi connectivity index (χ4n) is 2.75. The molecule has 0 aromatic carbocycles. The minimum absolute atomic E-state index is 0.672. The topological polar surface area (TPSA) is 55.3 Å². The van der Waals surface area contributed by atoms with Gasteiger partial charge >= 0.3 is 0 Å². The highest BCUT2D eigenvalue weighted by molar-refractivity contribution is 4.96. The lowest BCUT2D eigenvalue weighted by molar-refractivity contribution is 0.146. The molecule has 0 saturated carbocycles. The van der Waals surface area contributed by atoms with Crippen LogP contribution in [-0.4, -0.2) is 35.6 Å². The third-order valence-corrected chi connectivity index (χ3v) is 4.07. The van der Waals surface area contributed by atoms with Crippen molar-refractivity contribution < 1.29 is 4.42 Å². The van der Waals surface area contributed by atoms with Gasteiger partial charge in [0.05, 0.1) is 6.20 Å². The molecule has 0 bridgehead atoms. The first-order valence-corrected chi connectivity index (χ1v) is 7.56. The van der Waals surface area contributed by atoms with Gasteiger partial charge in [0, 0.05) is 18.9 Å². The average Bonchev–Trinajstić information content (AvgIpc) is 2.84. The standard InChI is InChI=1S/C15H27N3O/c1-12(2)18-8-5-13(6-9-18)10-15-17-11-14(19-15)4-3-7-16/h11-13H,3-10,16H2,1-2H3. The van der Waals surface area contributed by atoms with Crippen LogP contribution in [0.2, 0.25) is 0 Å². The van der Waals surface area contributed by atoms with E-state index < -0.39 is 0 Å². The number of nitrogens with zero attached hydrogens (tertiary/aromatic N) is 2. The molecule has 2 N–H and O–H groups in total. The quantitative estimate of drug-likeness (QED) is 0.857.